The van der Waals surface area contributed by atoms with Crippen molar-refractivity contribution in [2.45, 2.75) is 0 Å². The Morgan fingerprint density at radius 2 is 2.12 bits per heavy atom. The standard InChI is InChI=1S/C10H10BrNO4/c1-15-10(14)6-2-3-8(7(11)4-6)16-5-9(12)13/h2-4H,5H2,1H3,(H2,12,13). The summed E-state index contributed by atoms with van der Waals surface area (Å²) in [7, 11) is 1.30. The monoisotopic (exact) mass is 287 g/mol. The van der Waals surface area contributed by atoms with Crippen molar-refractivity contribution < 1.29 is 19.1 Å². The largest absolute Gasteiger partial charge is 0.483 e. The van der Waals surface area contributed by atoms with Crippen LogP contribution in [-0.2, 0) is 9.53 Å². The van der Waals surface area contributed by atoms with Gasteiger partial charge >= 0.3 is 5.97 Å². The Labute approximate surface area is 101 Å². The second-order valence-electron chi connectivity index (χ2n) is 2.89. The molecule has 6 heteroatoms. The average Bonchev–Trinajstić information content (AvgIpc) is 2.26. The molecule has 0 radical (unpaired) electrons. The van der Waals surface area contributed by atoms with Gasteiger partial charge in [-0.3, -0.25) is 4.79 Å². The minimum absolute atomic E-state index is 0.212. The lowest BCUT2D eigenvalue weighted by atomic mass is 10.2. The molecule has 1 rings (SSSR count). The van der Waals surface area contributed by atoms with Crippen molar-refractivity contribution in [3.8, 4) is 5.75 Å². The summed E-state index contributed by atoms with van der Waals surface area (Å²) in [5.41, 5.74) is 5.33. The molecule has 0 saturated carbocycles. The van der Waals surface area contributed by atoms with Crippen LogP contribution in [0.15, 0.2) is 22.7 Å². The molecule has 0 aliphatic heterocycles. The molecular weight excluding hydrogens is 278 g/mol. The molecule has 16 heavy (non-hydrogen) atoms. The Morgan fingerprint density at radius 1 is 1.44 bits per heavy atom. The number of ether oxygens (including phenoxy) is 2. The Kier molecular flexibility index (Phi) is 4.30. The number of primary amides is 1. The first kappa shape index (κ1) is 12.5. The van der Waals surface area contributed by atoms with E-state index in [2.05, 4.69) is 20.7 Å². The van der Waals surface area contributed by atoms with Crippen LogP contribution in [0.2, 0.25) is 0 Å². The average molecular weight is 288 g/mol. The number of carbonyl (C=O) groups is 2. The quantitative estimate of drug-likeness (QED) is 0.841. The van der Waals surface area contributed by atoms with E-state index in [-0.39, 0.29) is 6.61 Å². The molecule has 0 fully saturated rings. The molecule has 1 aromatic rings. The molecular formula is C10H10BrNO4. The van der Waals surface area contributed by atoms with E-state index in [1.54, 1.807) is 12.1 Å². The lowest BCUT2D eigenvalue weighted by Crippen LogP contribution is -2.20. The highest BCUT2D eigenvalue weighted by Gasteiger charge is 2.09. The topological polar surface area (TPSA) is 78.6 Å². The van der Waals surface area contributed by atoms with Crippen molar-refractivity contribution in [3.63, 3.8) is 0 Å². The molecule has 0 aromatic heterocycles. The second kappa shape index (κ2) is 5.50. The Morgan fingerprint density at radius 3 is 2.62 bits per heavy atom. The molecule has 0 spiro atoms. The van der Waals surface area contributed by atoms with Crippen molar-refractivity contribution >= 4 is 27.8 Å². The third-order valence-electron chi connectivity index (χ3n) is 1.72. The van der Waals surface area contributed by atoms with E-state index < -0.39 is 11.9 Å². The van der Waals surface area contributed by atoms with Gasteiger partial charge in [-0.2, -0.15) is 0 Å². The van der Waals surface area contributed by atoms with Crippen molar-refractivity contribution in [3.05, 3.63) is 28.2 Å². The summed E-state index contributed by atoms with van der Waals surface area (Å²) in [6, 6.07) is 4.63. The molecule has 0 unspecified atom stereocenters. The summed E-state index contributed by atoms with van der Waals surface area (Å²) in [4.78, 5) is 21.7. The first-order valence-electron chi connectivity index (χ1n) is 4.33. The number of methoxy groups -OCH3 is 1. The van der Waals surface area contributed by atoms with Gasteiger partial charge in [-0.1, -0.05) is 0 Å². The number of amides is 1. The molecule has 2 N–H and O–H groups in total. The van der Waals surface area contributed by atoms with Gasteiger partial charge in [0.2, 0.25) is 0 Å². The van der Waals surface area contributed by atoms with Crippen LogP contribution in [0.1, 0.15) is 10.4 Å². The molecule has 0 aliphatic rings. The molecule has 0 aliphatic carbocycles. The molecule has 1 amide bonds. The number of halogens is 1. The fourth-order valence-corrected chi connectivity index (χ4v) is 1.50. The molecule has 0 atom stereocenters. The maximum atomic E-state index is 11.2. The third-order valence-corrected chi connectivity index (χ3v) is 2.34. The van der Waals surface area contributed by atoms with E-state index in [4.69, 9.17) is 10.5 Å². The summed E-state index contributed by atoms with van der Waals surface area (Å²) in [5, 5.41) is 0. The Hall–Kier alpha value is -1.56. The van der Waals surface area contributed by atoms with Gasteiger partial charge in [0, 0.05) is 0 Å². The SMILES string of the molecule is COC(=O)c1ccc(OCC(N)=O)c(Br)c1. The van der Waals surface area contributed by atoms with E-state index in [1.165, 1.54) is 13.2 Å². The zero-order valence-corrected chi connectivity index (χ0v) is 10.1. The van der Waals surface area contributed by atoms with Gasteiger partial charge in [-0.25, -0.2) is 4.79 Å². The van der Waals surface area contributed by atoms with Crippen LogP contribution in [0.25, 0.3) is 0 Å². The van der Waals surface area contributed by atoms with Crippen molar-refractivity contribution in [2.24, 2.45) is 5.73 Å². The van der Waals surface area contributed by atoms with Crippen LogP contribution in [0.4, 0.5) is 0 Å². The molecule has 86 valence electrons. The van der Waals surface area contributed by atoms with E-state index in [0.717, 1.165) is 0 Å². The molecule has 0 heterocycles. The smallest absolute Gasteiger partial charge is 0.337 e. The summed E-state index contributed by atoms with van der Waals surface area (Å²) >= 11 is 3.21. The number of esters is 1. The number of carbonyl (C=O) groups excluding carboxylic acids is 2. The highest BCUT2D eigenvalue weighted by Crippen LogP contribution is 2.26. The highest BCUT2D eigenvalue weighted by molar-refractivity contribution is 9.10. The van der Waals surface area contributed by atoms with Gasteiger partial charge in [-0.05, 0) is 34.1 Å². The minimum atomic E-state index is -0.566. The fourth-order valence-electron chi connectivity index (χ4n) is 1.01. The van der Waals surface area contributed by atoms with E-state index in [1.807, 2.05) is 0 Å². The van der Waals surface area contributed by atoms with Crippen LogP contribution < -0.4 is 10.5 Å². The number of rotatable bonds is 4. The maximum Gasteiger partial charge on any atom is 0.337 e. The summed E-state index contributed by atoms with van der Waals surface area (Å²) in [5.74, 6) is -0.572. The first-order valence-corrected chi connectivity index (χ1v) is 5.13. The Bertz CT molecular complexity index is 419. The Balaban J connectivity index is 2.83. The van der Waals surface area contributed by atoms with Crippen LogP contribution in [-0.4, -0.2) is 25.6 Å². The van der Waals surface area contributed by atoms with Crippen molar-refractivity contribution in [2.75, 3.05) is 13.7 Å². The van der Waals surface area contributed by atoms with Gasteiger partial charge in [0.15, 0.2) is 6.61 Å². The second-order valence-corrected chi connectivity index (χ2v) is 3.75. The van der Waals surface area contributed by atoms with E-state index >= 15 is 0 Å². The first-order chi connectivity index (χ1) is 7.54. The van der Waals surface area contributed by atoms with Crippen LogP contribution >= 0.6 is 15.9 Å². The van der Waals surface area contributed by atoms with Crippen LogP contribution in [0, 0.1) is 0 Å². The highest BCUT2D eigenvalue weighted by atomic mass is 79.9. The normalized spacial score (nSPS) is 9.62. The van der Waals surface area contributed by atoms with Crippen molar-refractivity contribution in [1.29, 1.82) is 0 Å². The predicted octanol–water partition coefficient (Wildman–Crippen LogP) is 1.10. The lowest BCUT2D eigenvalue weighted by molar-refractivity contribution is -0.119. The van der Waals surface area contributed by atoms with Crippen LogP contribution in [0.3, 0.4) is 0 Å². The van der Waals surface area contributed by atoms with Crippen molar-refractivity contribution in [1.82, 2.24) is 0 Å². The number of hydrogen-bond acceptors (Lipinski definition) is 4. The number of nitrogens with two attached hydrogens (primary N) is 1. The van der Waals surface area contributed by atoms with Crippen LogP contribution in [0.5, 0.6) is 5.75 Å². The lowest BCUT2D eigenvalue weighted by Gasteiger charge is -2.07. The zero-order valence-electron chi connectivity index (χ0n) is 8.53. The zero-order chi connectivity index (χ0) is 12.1. The minimum Gasteiger partial charge on any atom is -0.483 e. The summed E-state index contributed by atoms with van der Waals surface area (Å²) < 4.78 is 10.2. The molecule has 0 saturated heterocycles. The van der Waals surface area contributed by atoms with Gasteiger partial charge in [0.1, 0.15) is 5.75 Å². The maximum absolute atomic E-state index is 11.2. The fraction of sp³-hybridized carbons (Fsp3) is 0.200. The third kappa shape index (κ3) is 3.23. The van der Waals surface area contributed by atoms with Gasteiger partial charge < -0.3 is 15.2 Å². The molecule has 0 bridgehead atoms. The molecule has 5 nitrogen and oxygen atoms in total. The number of hydrogen-bond donors (Lipinski definition) is 1. The van der Waals surface area contributed by atoms with Gasteiger partial charge in [0.25, 0.3) is 5.91 Å². The number of benzene rings is 1. The van der Waals surface area contributed by atoms with E-state index in [9.17, 15) is 9.59 Å². The summed E-state index contributed by atoms with van der Waals surface area (Å²) in [6.07, 6.45) is 0. The van der Waals surface area contributed by atoms with Gasteiger partial charge in [-0.15, -0.1) is 0 Å². The van der Waals surface area contributed by atoms with E-state index in [0.29, 0.717) is 15.8 Å². The van der Waals surface area contributed by atoms with Gasteiger partial charge in [0.05, 0.1) is 17.1 Å². The summed E-state index contributed by atoms with van der Waals surface area (Å²) in [6.45, 7) is -0.212. The predicted molar refractivity (Wildman–Crippen MR) is 60.2 cm³/mol. The molecule has 1 aromatic carbocycles.